The largest absolute Gasteiger partial charge is 0.395 e. The van der Waals surface area contributed by atoms with Gasteiger partial charge in [0.25, 0.3) is 0 Å². The molecular formula is C16H29N3O. The minimum Gasteiger partial charge on any atom is -0.395 e. The third kappa shape index (κ3) is 4.76. The van der Waals surface area contributed by atoms with Crippen LogP contribution in [0.15, 0.2) is 18.3 Å². The van der Waals surface area contributed by atoms with Gasteiger partial charge >= 0.3 is 0 Å². The summed E-state index contributed by atoms with van der Waals surface area (Å²) in [4.78, 5) is 6.82. The Morgan fingerprint density at radius 2 is 2.05 bits per heavy atom. The summed E-state index contributed by atoms with van der Waals surface area (Å²) in [5.74, 6) is 1.01. The first kappa shape index (κ1) is 16.9. The maximum absolute atomic E-state index is 9.36. The second-order valence-electron chi connectivity index (χ2n) is 5.05. The van der Waals surface area contributed by atoms with Gasteiger partial charge in [-0.15, -0.1) is 0 Å². The topological polar surface area (TPSA) is 48.4 Å². The maximum atomic E-state index is 9.36. The molecule has 0 atom stereocenters. The Morgan fingerprint density at radius 1 is 1.30 bits per heavy atom. The number of aliphatic hydroxyl groups excluding tert-OH is 1. The van der Waals surface area contributed by atoms with Crippen LogP contribution in [0.3, 0.4) is 0 Å². The van der Waals surface area contributed by atoms with E-state index in [1.807, 2.05) is 12.3 Å². The van der Waals surface area contributed by atoms with E-state index in [0.29, 0.717) is 12.6 Å². The van der Waals surface area contributed by atoms with Crippen molar-refractivity contribution < 1.29 is 5.11 Å². The van der Waals surface area contributed by atoms with Crippen LogP contribution >= 0.6 is 0 Å². The predicted molar refractivity (Wildman–Crippen MR) is 85.0 cm³/mol. The number of rotatable bonds is 10. The normalized spacial score (nSPS) is 11.1. The lowest BCUT2D eigenvalue weighted by atomic mass is 10.1. The molecule has 0 saturated carbocycles. The average Bonchev–Trinajstić information content (AvgIpc) is 2.48. The van der Waals surface area contributed by atoms with Gasteiger partial charge in [-0.2, -0.15) is 0 Å². The van der Waals surface area contributed by atoms with Crippen LogP contribution in [0.5, 0.6) is 0 Å². The number of hydrogen-bond acceptors (Lipinski definition) is 4. The highest BCUT2D eigenvalue weighted by atomic mass is 16.3. The zero-order valence-electron chi connectivity index (χ0n) is 13.1. The third-order valence-corrected chi connectivity index (χ3v) is 3.61. The zero-order valence-corrected chi connectivity index (χ0v) is 13.1. The fraction of sp³-hybridized carbons (Fsp3) is 0.688. The van der Waals surface area contributed by atoms with E-state index >= 15 is 0 Å². The predicted octanol–water partition coefficient (Wildman–Crippen LogP) is 2.57. The summed E-state index contributed by atoms with van der Waals surface area (Å²) in [7, 11) is 0. The van der Waals surface area contributed by atoms with Crippen LogP contribution in [-0.4, -0.2) is 35.8 Å². The third-order valence-electron chi connectivity index (χ3n) is 3.61. The molecule has 4 nitrogen and oxygen atoms in total. The standard InChI is InChI=1S/C16H29N3O/c1-4-9-17-13-14-8-7-10-18-16(14)19(11-12-20)15(5-2)6-3/h7-8,10,15,17,20H,4-6,9,11-13H2,1-3H3. The lowest BCUT2D eigenvalue weighted by Gasteiger charge is -2.32. The zero-order chi connectivity index (χ0) is 14.8. The minimum atomic E-state index is 0.162. The van der Waals surface area contributed by atoms with E-state index in [4.69, 9.17) is 0 Å². The van der Waals surface area contributed by atoms with Crippen molar-refractivity contribution in [2.75, 3.05) is 24.6 Å². The van der Waals surface area contributed by atoms with Crippen LogP contribution in [0.2, 0.25) is 0 Å². The highest BCUT2D eigenvalue weighted by Gasteiger charge is 2.18. The molecule has 0 radical (unpaired) electrons. The van der Waals surface area contributed by atoms with Crippen LogP contribution in [0.4, 0.5) is 5.82 Å². The van der Waals surface area contributed by atoms with E-state index in [2.05, 4.69) is 42.0 Å². The average molecular weight is 279 g/mol. The first-order chi connectivity index (χ1) is 9.78. The summed E-state index contributed by atoms with van der Waals surface area (Å²) in [6, 6.07) is 4.54. The number of aromatic nitrogens is 1. The number of nitrogens with one attached hydrogen (secondary N) is 1. The second-order valence-corrected chi connectivity index (χ2v) is 5.05. The number of hydrogen-bond donors (Lipinski definition) is 2. The van der Waals surface area contributed by atoms with Crippen molar-refractivity contribution in [1.29, 1.82) is 0 Å². The van der Waals surface area contributed by atoms with E-state index in [-0.39, 0.29) is 6.61 Å². The number of anilines is 1. The molecule has 0 amide bonds. The molecule has 0 unspecified atom stereocenters. The van der Waals surface area contributed by atoms with Crippen LogP contribution in [0.25, 0.3) is 0 Å². The summed E-state index contributed by atoms with van der Waals surface area (Å²) in [5, 5.41) is 12.8. The monoisotopic (exact) mass is 279 g/mol. The molecule has 4 heteroatoms. The van der Waals surface area contributed by atoms with Crippen LogP contribution in [0, 0.1) is 0 Å². The first-order valence-corrected chi connectivity index (χ1v) is 7.80. The Labute approximate surface area is 123 Å². The van der Waals surface area contributed by atoms with Crippen LogP contribution in [-0.2, 0) is 6.54 Å². The molecule has 0 aliphatic heterocycles. The van der Waals surface area contributed by atoms with Crippen molar-refractivity contribution in [3.05, 3.63) is 23.9 Å². The summed E-state index contributed by atoms with van der Waals surface area (Å²) in [6.45, 7) is 9.20. The van der Waals surface area contributed by atoms with E-state index in [0.717, 1.165) is 38.2 Å². The molecule has 0 aromatic carbocycles. The lowest BCUT2D eigenvalue weighted by molar-refractivity contribution is 0.295. The molecular weight excluding hydrogens is 250 g/mol. The summed E-state index contributed by atoms with van der Waals surface area (Å²) in [6.07, 6.45) is 5.09. The van der Waals surface area contributed by atoms with Crippen LogP contribution in [0.1, 0.15) is 45.6 Å². The molecule has 20 heavy (non-hydrogen) atoms. The van der Waals surface area contributed by atoms with Gasteiger partial charge in [-0.25, -0.2) is 4.98 Å². The molecule has 2 N–H and O–H groups in total. The van der Waals surface area contributed by atoms with E-state index in [1.165, 1.54) is 5.56 Å². The van der Waals surface area contributed by atoms with Gasteiger partial charge in [0, 0.05) is 30.9 Å². The van der Waals surface area contributed by atoms with E-state index in [9.17, 15) is 5.11 Å². The van der Waals surface area contributed by atoms with Gasteiger partial charge < -0.3 is 15.3 Å². The smallest absolute Gasteiger partial charge is 0.133 e. The Balaban J connectivity index is 2.93. The van der Waals surface area contributed by atoms with Crippen molar-refractivity contribution in [2.24, 2.45) is 0 Å². The fourth-order valence-corrected chi connectivity index (χ4v) is 2.53. The molecule has 0 spiro atoms. The quantitative estimate of drug-likeness (QED) is 0.646. The molecule has 1 heterocycles. The number of pyridine rings is 1. The summed E-state index contributed by atoms with van der Waals surface area (Å²) in [5.41, 5.74) is 1.21. The van der Waals surface area contributed by atoms with Gasteiger partial charge in [-0.05, 0) is 31.9 Å². The lowest BCUT2D eigenvalue weighted by Crippen LogP contribution is -2.38. The van der Waals surface area contributed by atoms with Gasteiger partial charge in [0.2, 0.25) is 0 Å². The molecule has 0 aliphatic carbocycles. The molecule has 0 aliphatic rings. The summed E-state index contributed by atoms with van der Waals surface area (Å²) >= 11 is 0. The SMILES string of the molecule is CCCNCc1cccnc1N(CCO)C(CC)CC. The number of nitrogens with zero attached hydrogens (tertiary/aromatic N) is 2. The Kier molecular flexibility index (Phi) is 8.23. The van der Waals surface area contributed by atoms with Crippen molar-refractivity contribution in [3.8, 4) is 0 Å². The molecule has 114 valence electrons. The second kappa shape index (κ2) is 9.72. The minimum absolute atomic E-state index is 0.162. The molecule has 1 aromatic rings. The van der Waals surface area contributed by atoms with Crippen molar-refractivity contribution in [2.45, 2.75) is 52.6 Å². The fourth-order valence-electron chi connectivity index (χ4n) is 2.53. The van der Waals surface area contributed by atoms with Gasteiger partial charge in [0.15, 0.2) is 0 Å². The highest BCUT2D eigenvalue weighted by Crippen LogP contribution is 2.22. The van der Waals surface area contributed by atoms with E-state index in [1.54, 1.807) is 0 Å². The first-order valence-electron chi connectivity index (χ1n) is 7.80. The van der Waals surface area contributed by atoms with Crippen molar-refractivity contribution >= 4 is 5.82 Å². The summed E-state index contributed by atoms with van der Waals surface area (Å²) < 4.78 is 0. The molecule has 0 fully saturated rings. The molecule has 0 bridgehead atoms. The highest BCUT2D eigenvalue weighted by molar-refractivity contribution is 5.47. The Morgan fingerprint density at radius 3 is 2.65 bits per heavy atom. The van der Waals surface area contributed by atoms with Gasteiger partial charge in [0.1, 0.15) is 5.82 Å². The van der Waals surface area contributed by atoms with Gasteiger partial charge in [-0.3, -0.25) is 0 Å². The molecule has 0 saturated heterocycles. The van der Waals surface area contributed by atoms with Crippen molar-refractivity contribution in [3.63, 3.8) is 0 Å². The number of aliphatic hydroxyl groups is 1. The molecule has 1 rings (SSSR count). The molecule has 1 aromatic heterocycles. The van der Waals surface area contributed by atoms with E-state index < -0.39 is 0 Å². The Hall–Kier alpha value is -1.13. The maximum Gasteiger partial charge on any atom is 0.133 e. The van der Waals surface area contributed by atoms with Gasteiger partial charge in [0.05, 0.1) is 6.61 Å². The Bertz CT molecular complexity index is 366. The van der Waals surface area contributed by atoms with Gasteiger partial charge in [-0.1, -0.05) is 26.8 Å². The van der Waals surface area contributed by atoms with Crippen molar-refractivity contribution in [1.82, 2.24) is 10.3 Å². The van der Waals surface area contributed by atoms with Crippen LogP contribution < -0.4 is 10.2 Å².